The molecular formula is C14H20OS. The van der Waals surface area contributed by atoms with E-state index >= 15 is 0 Å². The second-order valence-corrected chi connectivity index (χ2v) is 5.80. The first-order valence-corrected chi connectivity index (χ1v) is 7.20. The molecule has 1 nitrogen and oxygen atoms in total. The van der Waals surface area contributed by atoms with Gasteiger partial charge in [0.15, 0.2) is 0 Å². The summed E-state index contributed by atoms with van der Waals surface area (Å²) in [5.41, 5.74) is 1.31. The van der Waals surface area contributed by atoms with Crippen molar-refractivity contribution in [2.45, 2.75) is 49.5 Å². The van der Waals surface area contributed by atoms with Crippen LogP contribution in [0.3, 0.4) is 0 Å². The van der Waals surface area contributed by atoms with Crippen molar-refractivity contribution in [3.8, 4) is 0 Å². The van der Waals surface area contributed by atoms with Gasteiger partial charge in [-0.05, 0) is 36.3 Å². The summed E-state index contributed by atoms with van der Waals surface area (Å²) < 4.78 is 0. The monoisotopic (exact) mass is 236 g/mol. The Morgan fingerprint density at radius 1 is 1.19 bits per heavy atom. The summed E-state index contributed by atoms with van der Waals surface area (Å²) in [5, 5.41) is 9.99. The van der Waals surface area contributed by atoms with Crippen LogP contribution in [0.2, 0.25) is 0 Å². The zero-order chi connectivity index (χ0) is 11.4. The summed E-state index contributed by atoms with van der Waals surface area (Å²) in [4.78, 5) is 1.33. The van der Waals surface area contributed by atoms with Crippen molar-refractivity contribution in [2.24, 2.45) is 0 Å². The first kappa shape index (κ1) is 12.0. The maximum absolute atomic E-state index is 9.99. The van der Waals surface area contributed by atoms with Crippen molar-refractivity contribution >= 4 is 11.8 Å². The average Bonchev–Trinajstić information content (AvgIpc) is 2.31. The Kier molecular flexibility index (Phi) is 4.30. The van der Waals surface area contributed by atoms with Gasteiger partial charge in [0.1, 0.15) is 0 Å². The smallest absolute Gasteiger partial charge is 0.0608 e. The SMILES string of the molecule is CCSc1ccc([C@@H]2CCCC[C@@H]2O)cc1. The highest BCUT2D eigenvalue weighted by molar-refractivity contribution is 7.99. The van der Waals surface area contributed by atoms with E-state index in [1.54, 1.807) is 0 Å². The lowest BCUT2D eigenvalue weighted by atomic mass is 9.82. The molecule has 1 saturated carbocycles. The quantitative estimate of drug-likeness (QED) is 0.805. The Morgan fingerprint density at radius 3 is 2.50 bits per heavy atom. The minimum absolute atomic E-state index is 0.126. The van der Waals surface area contributed by atoms with E-state index in [9.17, 15) is 5.11 Å². The van der Waals surface area contributed by atoms with Crippen molar-refractivity contribution in [1.82, 2.24) is 0 Å². The zero-order valence-corrected chi connectivity index (χ0v) is 10.7. The third-order valence-electron chi connectivity index (χ3n) is 3.35. The molecule has 1 aromatic rings. The number of aliphatic hydroxyl groups is 1. The van der Waals surface area contributed by atoms with E-state index < -0.39 is 0 Å². The third-order valence-corrected chi connectivity index (χ3v) is 4.24. The van der Waals surface area contributed by atoms with E-state index in [4.69, 9.17) is 0 Å². The molecule has 0 bridgehead atoms. The predicted octanol–water partition coefficient (Wildman–Crippen LogP) is 3.82. The lowest BCUT2D eigenvalue weighted by Crippen LogP contribution is -2.22. The Balaban J connectivity index is 2.08. The summed E-state index contributed by atoms with van der Waals surface area (Å²) in [6.07, 6.45) is 4.42. The van der Waals surface area contributed by atoms with Gasteiger partial charge >= 0.3 is 0 Å². The molecule has 1 N–H and O–H groups in total. The number of hydrogen-bond acceptors (Lipinski definition) is 2. The van der Waals surface area contributed by atoms with Crippen LogP contribution in [-0.4, -0.2) is 17.0 Å². The van der Waals surface area contributed by atoms with Crippen LogP contribution in [0.15, 0.2) is 29.2 Å². The second kappa shape index (κ2) is 5.74. The van der Waals surface area contributed by atoms with Gasteiger partial charge in [-0.2, -0.15) is 0 Å². The minimum atomic E-state index is -0.126. The van der Waals surface area contributed by atoms with E-state index in [-0.39, 0.29) is 6.10 Å². The van der Waals surface area contributed by atoms with Crippen molar-refractivity contribution in [1.29, 1.82) is 0 Å². The van der Waals surface area contributed by atoms with Gasteiger partial charge in [-0.25, -0.2) is 0 Å². The van der Waals surface area contributed by atoms with Crippen LogP contribution in [0.4, 0.5) is 0 Å². The van der Waals surface area contributed by atoms with Crippen molar-refractivity contribution < 1.29 is 5.11 Å². The highest BCUT2D eigenvalue weighted by Crippen LogP contribution is 2.33. The fraction of sp³-hybridized carbons (Fsp3) is 0.571. The van der Waals surface area contributed by atoms with Crippen LogP contribution in [-0.2, 0) is 0 Å². The maximum Gasteiger partial charge on any atom is 0.0608 e. The molecule has 1 fully saturated rings. The molecule has 2 atom stereocenters. The van der Waals surface area contributed by atoms with Gasteiger partial charge in [0.05, 0.1) is 6.10 Å². The lowest BCUT2D eigenvalue weighted by Gasteiger charge is -2.28. The lowest BCUT2D eigenvalue weighted by molar-refractivity contribution is 0.106. The molecule has 0 spiro atoms. The highest BCUT2D eigenvalue weighted by atomic mass is 32.2. The molecule has 0 amide bonds. The van der Waals surface area contributed by atoms with Crippen LogP contribution in [0, 0.1) is 0 Å². The van der Waals surface area contributed by atoms with E-state index in [1.807, 2.05) is 11.8 Å². The van der Waals surface area contributed by atoms with Crippen molar-refractivity contribution in [2.75, 3.05) is 5.75 Å². The maximum atomic E-state index is 9.99. The van der Waals surface area contributed by atoms with Gasteiger partial charge in [0.25, 0.3) is 0 Å². The van der Waals surface area contributed by atoms with Gasteiger partial charge in [0, 0.05) is 10.8 Å². The van der Waals surface area contributed by atoms with Crippen LogP contribution >= 0.6 is 11.8 Å². The van der Waals surface area contributed by atoms with Gasteiger partial charge in [-0.1, -0.05) is 31.9 Å². The van der Waals surface area contributed by atoms with Gasteiger partial charge in [-0.15, -0.1) is 11.8 Å². The molecule has 0 saturated heterocycles. The summed E-state index contributed by atoms with van der Waals surface area (Å²) in [6.45, 7) is 2.17. The molecule has 1 aromatic carbocycles. The average molecular weight is 236 g/mol. The molecule has 0 aliphatic heterocycles. The number of thioether (sulfide) groups is 1. The first-order chi connectivity index (χ1) is 7.81. The Hall–Kier alpha value is -0.470. The van der Waals surface area contributed by atoms with Gasteiger partial charge < -0.3 is 5.11 Å². The Bertz CT molecular complexity index is 320. The summed E-state index contributed by atoms with van der Waals surface area (Å²) in [5.74, 6) is 1.49. The van der Waals surface area contributed by atoms with Crippen LogP contribution in [0.25, 0.3) is 0 Å². The molecule has 2 rings (SSSR count). The fourth-order valence-electron chi connectivity index (χ4n) is 2.48. The molecule has 2 heteroatoms. The normalized spacial score (nSPS) is 25.6. The fourth-order valence-corrected chi connectivity index (χ4v) is 3.14. The Morgan fingerprint density at radius 2 is 1.88 bits per heavy atom. The molecular weight excluding hydrogens is 216 g/mol. The minimum Gasteiger partial charge on any atom is -0.392 e. The molecule has 16 heavy (non-hydrogen) atoms. The third kappa shape index (κ3) is 2.80. The molecule has 0 heterocycles. The number of hydrogen-bond donors (Lipinski definition) is 1. The molecule has 1 aliphatic carbocycles. The van der Waals surface area contributed by atoms with E-state index in [0.717, 1.165) is 18.6 Å². The standard InChI is InChI=1S/C14H20OS/c1-2-16-12-9-7-11(8-10-12)13-5-3-4-6-14(13)15/h7-10,13-15H,2-6H2,1H3/t13-,14-/m0/s1. The molecule has 0 unspecified atom stereocenters. The summed E-state index contributed by atoms with van der Waals surface area (Å²) >= 11 is 1.87. The van der Waals surface area contributed by atoms with Gasteiger partial charge in [0.2, 0.25) is 0 Å². The van der Waals surface area contributed by atoms with E-state index in [1.165, 1.54) is 23.3 Å². The van der Waals surface area contributed by atoms with Crippen LogP contribution in [0.5, 0.6) is 0 Å². The number of aliphatic hydroxyl groups excluding tert-OH is 1. The van der Waals surface area contributed by atoms with Gasteiger partial charge in [-0.3, -0.25) is 0 Å². The predicted molar refractivity (Wildman–Crippen MR) is 70.1 cm³/mol. The number of rotatable bonds is 3. The van der Waals surface area contributed by atoms with E-state index in [0.29, 0.717) is 5.92 Å². The molecule has 0 radical (unpaired) electrons. The highest BCUT2D eigenvalue weighted by Gasteiger charge is 2.24. The van der Waals surface area contributed by atoms with Crippen LogP contribution < -0.4 is 0 Å². The van der Waals surface area contributed by atoms with Crippen LogP contribution in [0.1, 0.15) is 44.1 Å². The second-order valence-electron chi connectivity index (χ2n) is 4.46. The van der Waals surface area contributed by atoms with Crippen molar-refractivity contribution in [3.05, 3.63) is 29.8 Å². The first-order valence-electron chi connectivity index (χ1n) is 6.22. The van der Waals surface area contributed by atoms with Crippen molar-refractivity contribution in [3.63, 3.8) is 0 Å². The molecule has 1 aliphatic rings. The molecule has 88 valence electrons. The summed E-state index contributed by atoms with van der Waals surface area (Å²) in [6, 6.07) is 8.75. The number of benzene rings is 1. The Labute approximate surface area is 102 Å². The van der Waals surface area contributed by atoms with E-state index in [2.05, 4.69) is 31.2 Å². The largest absolute Gasteiger partial charge is 0.392 e. The summed E-state index contributed by atoms with van der Waals surface area (Å²) in [7, 11) is 0. The molecule has 0 aromatic heterocycles. The topological polar surface area (TPSA) is 20.2 Å². The zero-order valence-electron chi connectivity index (χ0n) is 9.86.